The van der Waals surface area contributed by atoms with Crippen LogP contribution in [0.15, 0.2) is 24.3 Å². The molecule has 0 aliphatic rings. The second-order valence-electron chi connectivity index (χ2n) is 3.62. The highest BCUT2D eigenvalue weighted by molar-refractivity contribution is 7.87. The van der Waals surface area contributed by atoms with Crippen LogP contribution >= 0.6 is 0 Å². The number of hydrogen-bond acceptors (Lipinski definition) is 3. The average molecular weight is 262 g/mol. The Bertz CT molecular complexity index is 464. The highest BCUT2D eigenvalue weighted by Crippen LogP contribution is 2.20. The largest absolute Gasteiger partial charge is 0.388 e. The third-order valence-electron chi connectivity index (χ3n) is 2.22. The lowest BCUT2D eigenvalue weighted by Crippen LogP contribution is -2.31. The van der Waals surface area contributed by atoms with E-state index in [1.165, 1.54) is 18.2 Å². The minimum Gasteiger partial charge on any atom is -0.388 e. The van der Waals surface area contributed by atoms with Gasteiger partial charge in [0.15, 0.2) is 0 Å². The van der Waals surface area contributed by atoms with Gasteiger partial charge in [-0.1, -0.05) is 18.2 Å². The summed E-state index contributed by atoms with van der Waals surface area (Å²) in [6.07, 6.45) is -0.325. The van der Waals surface area contributed by atoms with Gasteiger partial charge in [-0.05, 0) is 18.9 Å². The molecule has 0 heterocycles. The van der Waals surface area contributed by atoms with Crippen molar-refractivity contribution >= 4 is 10.2 Å². The Morgan fingerprint density at radius 1 is 1.41 bits per heavy atom. The van der Waals surface area contributed by atoms with Crippen molar-refractivity contribution in [3.05, 3.63) is 35.6 Å². The molecule has 1 rings (SSSR count). The van der Waals surface area contributed by atoms with Crippen molar-refractivity contribution in [2.24, 2.45) is 5.14 Å². The molecule has 0 spiro atoms. The van der Waals surface area contributed by atoms with E-state index < -0.39 is 22.1 Å². The zero-order valence-electron chi connectivity index (χ0n) is 9.14. The van der Waals surface area contributed by atoms with Gasteiger partial charge in [-0.3, -0.25) is 0 Å². The van der Waals surface area contributed by atoms with Crippen LogP contribution in [0.3, 0.4) is 0 Å². The predicted octanol–water partition coefficient (Wildman–Crippen LogP) is 0.432. The van der Waals surface area contributed by atoms with Crippen LogP contribution in [0, 0.1) is 5.82 Å². The molecule has 0 aliphatic carbocycles. The summed E-state index contributed by atoms with van der Waals surface area (Å²) in [5.41, 5.74) is 0.211. The molecule has 0 saturated heterocycles. The Kier molecular flexibility index (Phi) is 5.01. The fourth-order valence-electron chi connectivity index (χ4n) is 1.41. The minimum absolute atomic E-state index is 0.115. The van der Waals surface area contributed by atoms with Crippen molar-refractivity contribution in [3.8, 4) is 0 Å². The molecule has 0 bridgehead atoms. The predicted molar refractivity (Wildman–Crippen MR) is 61.7 cm³/mol. The minimum atomic E-state index is -3.70. The molecule has 1 unspecified atom stereocenters. The maximum Gasteiger partial charge on any atom is 0.274 e. The average Bonchev–Trinajstić information content (AvgIpc) is 2.23. The maximum absolute atomic E-state index is 13.2. The molecule has 1 aromatic rings. The second kappa shape index (κ2) is 6.06. The van der Waals surface area contributed by atoms with Crippen LogP contribution < -0.4 is 9.86 Å². The molecule has 96 valence electrons. The summed E-state index contributed by atoms with van der Waals surface area (Å²) in [4.78, 5) is 0. The van der Waals surface area contributed by atoms with Gasteiger partial charge in [-0.15, -0.1) is 0 Å². The summed E-state index contributed by atoms with van der Waals surface area (Å²) in [6.45, 7) is 0.115. The van der Waals surface area contributed by atoms with Crippen LogP contribution in [-0.2, 0) is 10.2 Å². The lowest BCUT2D eigenvalue weighted by molar-refractivity contribution is 0.160. The zero-order valence-corrected chi connectivity index (χ0v) is 9.95. The molecule has 0 aromatic heterocycles. The van der Waals surface area contributed by atoms with E-state index in [-0.39, 0.29) is 18.5 Å². The number of benzene rings is 1. The molecule has 1 aromatic carbocycles. The molecule has 4 N–H and O–H groups in total. The Balaban J connectivity index is 2.41. The first-order valence-corrected chi connectivity index (χ1v) is 6.64. The van der Waals surface area contributed by atoms with Crippen molar-refractivity contribution in [2.75, 3.05) is 6.54 Å². The summed E-state index contributed by atoms with van der Waals surface area (Å²) < 4.78 is 36.4. The number of aliphatic hydroxyl groups excluding tert-OH is 1. The van der Waals surface area contributed by atoms with Crippen molar-refractivity contribution in [2.45, 2.75) is 18.9 Å². The lowest BCUT2D eigenvalue weighted by Gasteiger charge is -2.11. The smallest absolute Gasteiger partial charge is 0.274 e. The van der Waals surface area contributed by atoms with Gasteiger partial charge in [-0.2, -0.15) is 8.42 Å². The van der Waals surface area contributed by atoms with Crippen LogP contribution in [0.2, 0.25) is 0 Å². The Morgan fingerprint density at radius 3 is 2.65 bits per heavy atom. The van der Waals surface area contributed by atoms with Gasteiger partial charge in [0.2, 0.25) is 0 Å². The molecule has 0 aliphatic heterocycles. The van der Waals surface area contributed by atoms with Crippen LogP contribution in [0.4, 0.5) is 4.39 Å². The maximum atomic E-state index is 13.2. The topological polar surface area (TPSA) is 92.4 Å². The van der Waals surface area contributed by atoms with Gasteiger partial charge >= 0.3 is 0 Å². The van der Waals surface area contributed by atoms with Gasteiger partial charge in [0.1, 0.15) is 5.82 Å². The summed E-state index contributed by atoms with van der Waals surface area (Å²) in [5.74, 6) is -0.473. The van der Waals surface area contributed by atoms with E-state index in [2.05, 4.69) is 4.72 Å². The highest BCUT2D eigenvalue weighted by Gasteiger charge is 2.11. The fraction of sp³-hybridized carbons (Fsp3) is 0.400. The van der Waals surface area contributed by atoms with E-state index >= 15 is 0 Å². The van der Waals surface area contributed by atoms with E-state index in [9.17, 15) is 17.9 Å². The molecular formula is C10H15FN2O3S. The first-order valence-electron chi connectivity index (χ1n) is 5.10. The molecule has 5 nitrogen and oxygen atoms in total. The standard InChI is InChI=1S/C10H15FN2O3S/c11-9-5-2-1-4-8(9)10(14)6-3-7-13-17(12,15)16/h1-2,4-5,10,13-14H,3,6-7H2,(H2,12,15,16). The van der Waals surface area contributed by atoms with E-state index in [1.54, 1.807) is 6.07 Å². The Hall–Kier alpha value is -1.02. The second-order valence-corrected chi connectivity index (χ2v) is 5.00. The van der Waals surface area contributed by atoms with Gasteiger partial charge < -0.3 is 5.11 Å². The van der Waals surface area contributed by atoms with Gasteiger partial charge in [-0.25, -0.2) is 14.3 Å². The monoisotopic (exact) mass is 262 g/mol. The molecule has 0 saturated carbocycles. The third-order valence-corrected chi connectivity index (χ3v) is 2.83. The van der Waals surface area contributed by atoms with E-state index in [0.29, 0.717) is 6.42 Å². The molecule has 0 radical (unpaired) electrons. The number of nitrogens with one attached hydrogen (secondary N) is 1. The van der Waals surface area contributed by atoms with Crippen LogP contribution in [0.1, 0.15) is 24.5 Å². The van der Waals surface area contributed by atoms with Crippen molar-refractivity contribution in [3.63, 3.8) is 0 Å². The summed E-state index contributed by atoms with van der Waals surface area (Å²) in [6, 6.07) is 5.92. The molecule has 7 heteroatoms. The number of nitrogens with two attached hydrogens (primary N) is 1. The Labute approximate surface area is 99.6 Å². The lowest BCUT2D eigenvalue weighted by atomic mass is 10.0. The van der Waals surface area contributed by atoms with Crippen molar-refractivity contribution in [1.29, 1.82) is 0 Å². The van der Waals surface area contributed by atoms with Gasteiger partial charge in [0, 0.05) is 12.1 Å². The number of aliphatic hydroxyl groups is 1. The quantitative estimate of drug-likeness (QED) is 0.649. The normalized spacial score (nSPS) is 13.6. The van der Waals surface area contributed by atoms with Gasteiger partial charge in [0.05, 0.1) is 6.10 Å². The molecule has 17 heavy (non-hydrogen) atoms. The summed E-state index contributed by atoms with van der Waals surface area (Å²) in [7, 11) is -3.70. The zero-order chi connectivity index (χ0) is 12.9. The number of hydrogen-bond donors (Lipinski definition) is 3. The van der Waals surface area contributed by atoms with Crippen LogP contribution in [-0.4, -0.2) is 20.1 Å². The van der Waals surface area contributed by atoms with Crippen LogP contribution in [0.5, 0.6) is 0 Å². The SMILES string of the molecule is NS(=O)(=O)NCCCC(O)c1ccccc1F. The first kappa shape index (κ1) is 14.0. The number of rotatable bonds is 6. The highest BCUT2D eigenvalue weighted by atomic mass is 32.2. The van der Waals surface area contributed by atoms with E-state index in [4.69, 9.17) is 5.14 Å². The summed E-state index contributed by atoms with van der Waals surface area (Å²) >= 11 is 0. The molecule has 0 amide bonds. The van der Waals surface area contributed by atoms with E-state index in [1.807, 2.05) is 0 Å². The fourth-order valence-corrected chi connectivity index (χ4v) is 1.84. The van der Waals surface area contributed by atoms with E-state index in [0.717, 1.165) is 0 Å². The molecule has 1 atom stereocenters. The first-order chi connectivity index (χ1) is 7.90. The van der Waals surface area contributed by atoms with Crippen molar-refractivity contribution < 1.29 is 17.9 Å². The third kappa shape index (κ3) is 5.22. The van der Waals surface area contributed by atoms with Gasteiger partial charge in [0.25, 0.3) is 10.2 Å². The van der Waals surface area contributed by atoms with Crippen molar-refractivity contribution in [1.82, 2.24) is 4.72 Å². The molecular weight excluding hydrogens is 247 g/mol. The summed E-state index contributed by atoms with van der Waals surface area (Å²) in [5, 5.41) is 14.4. The molecule has 0 fully saturated rings. The van der Waals surface area contributed by atoms with Crippen LogP contribution in [0.25, 0.3) is 0 Å². The Morgan fingerprint density at radius 2 is 2.06 bits per heavy atom. The number of halogens is 1.